The number of halogens is 2. The van der Waals surface area contributed by atoms with E-state index in [4.69, 9.17) is 5.73 Å². The number of carbonyl (C=O) groups excluding carboxylic acids is 1. The first-order valence-corrected chi connectivity index (χ1v) is 9.64. The predicted molar refractivity (Wildman–Crippen MR) is 120 cm³/mol. The number of carbonyl (C=O) groups is 1. The summed E-state index contributed by atoms with van der Waals surface area (Å²) >= 11 is 0. The van der Waals surface area contributed by atoms with E-state index in [2.05, 4.69) is 22.5 Å². The molecule has 3 aromatic rings. The van der Waals surface area contributed by atoms with E-state index < -0.39 is 0 Å². The summed E-state index contributed by atoms with van der Waals surface area (Å²) in [6.45, 7) is 3.93. The van der Waals surface area contributed by atoms with Crippen molar-refractivity contribution in [3.05, 3.63) is 77.7 Å². The van der Waals surface area contributed by atoms with E-state index in [0.717, 1.165) is 18.7 Å². The molecule has 0 aliphatic carbocycles. The van der Waals surface area contributed by atoms with Gasteiger partial charge < -0.3 is 11.1 Å². The number of hydrogen-bond acceptors (Lipinski definition) is 4. The molecule has 0 aliphatic heterocycles. The van der Waals surface area contributed by atoms with Crippen LogP contribution in [-0.4, -0.2) is 46.8 Å². The van der Waals surface area contributed by atoms with Crippen molar-refractivity contribution in [1.82, 2.24) is 14.7 Å². The zero-order chi connectivity index (χ0) is 20.6. The second kappa shape index (κ2) is 11.4. The van der Waals surface area contributed by atoms with E-state index in [9.17, 15) is 9.18 Å². The SMILES string of the molecule is Cc1cc(NC(=O)CN(CCN)CCc2ccccc2)n(-c2ccc(F)cc2)n1.Cl. The highest BCUT2D eigenvalue weighted by atomic mass is 35.5. The molecule has 0 spiro atoms. The molecule has 0 saturated heterocycles. The third kappa shape index (κ3) is 6.66. The first-order valence-electron chi connectivity index (χ1n) is 9.64. The lowest BCUT2D eigenvalue weighted by molar-refractivity contribution is -0.117. The highest BCUT2D eigenvalue weighted by Crippen LogP contribution is 2.17. The number of benzene rings is 2. The topological polar surface area (TPSA) is 76.2 Å². The number of nitrogens with zero attached hydrogens (tertiary/aromatic N) is 3. The third-order valence-corrected chi connectivity index (χ3v) is 4.54. The van der Waals surface area contributed by atoms with Gasteiger partial charge in [-0.05, 0) is 43.2 Å². The van der Waals surface area contributed by atoms with Crippen molar-refractivity contribution >= 4 is 24.1 Å². The molecule has 1 amide bonds. The van der Waals surface area contributed by atoms with Gasteiger partial charge in [-0.3, -0.25) is 9.69 Å². The Balaban J connectivity index is 0.00000320. The number of amides is 1. The van der Waals surface area contributed by atoms with Crippen LogP contribution in [0.2, 0.25) is 0 Å². The van der Waals surface area contributed by atoms with Crippen LogP contribution in [0.15, 0.2) is 60.7 Å². The number of anilines is 1. The molecule has 3 rings (SSSR count). The average molecular weight is 432 g/mol. The highest BCUT2D eigenvalue weighted by molar-refractivity contribution is 5.91. The quantitative estimate of drug-likeness (QED) is 0.545. The summed E-state index contributed by atoms with van der Waals surface area (Å²) in [5.41, 5.74) is 8.38. The summed E-state index contributed by atoms with van der Waals surface area (Å²) in [7, 11) is 0. The molecule has 2 aromatic carbocycles. The molecule has 1 heterocycles. The van der Waals surface area contributed by atoms with E-state index in [1.54, 1.807) is 22.9 Å². The summed E-state index contributed by atoms with van der Waals surface area (Å²) in [6, 6.07) is 17.9. The Morgan fingerprint density at radius 1 is 1.13 bits per heavy atom. The largest absolute Gasteiger partial charge is 0.329 e. The van der Waals surface area contributed by atoms with E-state index >= 15 is 0 Å². The van der Waals surface area contributed by atoms with Crippen molar-refractivity contribution in [1.29, 1.82) is 0 Å². The molecule has 0 saturated carbocycles. The monoisotopic (exact) mass is 431 g/mol. The van der Waals surface area contributed by atoms with Crippen molar-refractivity contribution in [2.75, 3.05) is 31.5 Å². The Bertz CT molecular complexity index is 930. The lowest BCUT2D eigenvalue weighted by Gasteiger charge is -2.21. The van der Waals surface area contributed by atoms with Gasteiger partial charge in [0.05, 0.1) is 17.9 Å². The maximum absolute atomic E-state index is 13.2. The highest BCUT2D eigenvalue weighted by Gasteiger charge is 2.14. The first-order chi connectivity index (χ1) is 14.0. The molecular formula is C22H27ClFN5O. The summed E-state index contributed by atoms with van der Waals surface area (Å²) in [4.78, 5) is 14.7. The summed E-state index contributed by atoms with van der Waals surface area (Å²) in [6.07, 6.45) is 0.848. The summed E-state index contributed by atoms with van der Waals surface area (Å²) in [5, 5.41) is 7.32. The summed E-state index contributed by atoms with van der Waals surface area (Å²) in [5.74, 6) is 0.0868. The van der Waals surface area contributed by atoms with E-state index in [1.165, 1.54) is 17.7 Å². The van der Waals surface area contributed by atoms with Crippen LogP contribution in [-0.2, 0) is 11.2 Å². The number of rotatable bonds is 9. The Morgan fingerprint density at radius 2 is 1.83 bits per heavy atom. The fraction of sp³-hybridized carbons (Fsp3) is 0.273. The number of aryl methyl sites for hydroxylation is 1. The van der Waals surface area contributed by atoms with Crippen LogP contribution < -0.4 is 11.1 Å². The number of nitrogens with two attached hydrogens (primary N) is 1. The predicted octanol–water partition coefficient (Wildman–Crippen LogP) is 3.18. The minimum atomic E-state index is -0.320. The van der Waals surface area contributed by atoms with Crippen LogP contribution in [0.5, 0.6) is 0 Å². The number of nitrogens with one attached hydrogen (secondary N) is 1. The van der Waals surface area contributed by atoms with Crippen molar-refractivity contribution in [2.45, 2.75) is 13.3 Å². The van der Waals surface area contributed by atoms with Gasteiger partial charge in [-0.1, -0.05) is 30.3 Å². The van der Waals surface area contributed by atoms with Gasteiger partial charge in [0.15, 0.2) is 0 Å². The molecule has 0 aliphatic rings. The second-order valence-electron chi connectivity index (χ2n) is 6.91. The van der Waals surface area contributed by atoms with Gasteiger partial charge in [-0.2, -0.15) is 5.10 Å². The molecule has 160 valence electrons. The van der Waals surface area contributed by atoms with Crippen LogP contribution in [0, 0.1) is 12.7 Å². The maximum Gasteiger partial charge on any atom is 0.239 e. The minimum Gasteiger partial charge on any atom is -0.329 e. The number of aromatic nitrogens is 2. The van der Waals surface area contributed by atoms with Gasteiger partial charge in [0, 0.05) is 25.7 Å². The summed E-state index contributed by atoms with van der Waals surface area (Å²) < 4.78 is 14.8. The van der Waals surface area contributed by atoms with E-state index in [-0.39, 0.29) is 30.7 Å². The molecule has 3 N–H and O–H groups in total. The molecule has 6 nitrogen and oxygen atoms in total. The normalized spacial score (nSPS) is 10.7. The van der Waals surface area contributed by atoms with Gasteiger partial charge in [-0.25, -0.2) is 9.07 Å². The average Bonchev–Trinajstić information content (AvgIpc) is 3.07. The zero-order valence-electron chi connectivity index (χ0n) is 16.9. The van der Waals surface area contributed by atoms with Gasteiger partial charge in [0.1, 0.15) is 11.6 Å². The van der Waals surface area contributed by atoms with Crippen LogP contribution in [0.3, 0.4) is 0 Å². The fourth-order valence-electron chi connectivity index (χ4n) is 3.14. The Labute approximate surface area is 182 Å². The van der Waals surface area contributed by atoms with Crippen molar-refractivity contribution in [3.63, 3.8) is 0 Å². The van der Waals surface area contributed by atoms with Gasteiger partial charge in [-0.15, -0.1) is 12.4 Å². The van der Waals surface area contributed by atoms with Gasteiger partial charge >= 0.3 is 0 Å². The van der Waals surface area contributed by atoms with Crippen LogP contribution in [0.25, 0.3) is 5.69 Å². The lowest BCUT2D eigenvalue weighted by atomic mass is 10.1. The first kappa shape index (κ1) is 23.5. The third-order valence-electron chi connectivity index (χ3n) is 4.54. The van der Waals surface area contributed by atoms with Crippen LogP contribution in [0.1, 0.15) is 11.3 Å². The van der Waals surface area contributed by atoms with E-state index in [0.29, 0.717) is 24.6 Å². The van der Waals surface area contributed by atoms with Crippen molar-refractivity contribution < 1.29 is 9.18 Å². The number of hydrogen-bond donors (Lipinski definition) is 2. The molecular weight excluding hydrogens is 405 g/mol. The van der Waals surface area contributed by atoms with Gasteiger partial charge in [0.2, 0.25) is 5.91 Å². The molecule has 0 bridgehead atoms. The second-order valence-corrected chi connectivity index (χ2v) is 6.91. The Kier molecular flexibility index (Phi) is 8.98. The Morgan fingerprint density at radius 3 is 2.50 bits per heavy atom. The standard InChI is InChI=1S/C22H26FN5O.ClH/c1-17-15-21(28(26-17)20-9-7-19(23)8-10-20)25-22(29)16-27(14-12-24)13-11-18-5-3-2-4-6-18;/h2-10,15H,11-14,16,24H2,1H3,(H,25,29);1H. The molecule has 0 atom stereocenters. The zero-order valence-corrected chi connectivity index (χ0v) is 17.7. The fourth-order valence-corrected chi connectivity index (χ4v) is 3.14. The van der Waals surface area contributed by atoms with Gasteiger partial charge in [0.25, 0.3) is 0 Å². The molecule has 0 radical (unpaired) electrons. The minimum absolute atomic E-state index is 0. The van der Waals surface area contributed by atoms with E-state index in [1.807, 2.05) is 30.0 Å². The van der Waals surface area contributed by atoms with Crippen LogP contribution >= 0.6 is 12.4 Å². The maximum atomic E-state index is 13.2. The molecule has 1 aromatic heterocycles. The lowest BCUT2D eigenvalue weighted by Crippen LogP contribution is -2.38. The molecule has 30 heavy (non-hydrogen) atoms. The smallest absolute Gasteiger partial charge is 0.239 e. The Hall–Kier alpha value is -2.74. The molecule has 0 fully saturated rings. The molecule has 8 heteroatoms. The van der Waals surface area contributed by atoms with Crippen LogP contribution in [0.4, 0.5) is 10.2 Å². The van der Waals surface area contributed by atoms with Crippen molar-refractivity contribution in [2.24, 2.45) is 5.73 Å². The van der Waals surface area contributed by atoms with Crippen molar-refractivity contribution in [3.8, 4) is 5.69 Å². The molecule has 0 unspecified atom stereocenters.